The Morgan fingerprint density at radius 1 is 1.29 bits per heavy atom. The highest BCUT2D eigenvalue weighted by Gasteiger charge is 2.30. The van der Waals surface area contributed by atoms with E-state index in [0.29, 0.717) is 18.3 Å². The smallest absolute Gasteiger partial charge is 0.311 e. The Balaban J connectivity index is 2.03. The first kappa shape index (κ1) is 15.8. The van der Waals surface area contributed by atoms with Gasteiger partial charge in [0.2, 0.25) is 5.91 Å². The van der Waals surface area contributed by atoms with Gasteiger partial charge in [-0.1, -0.05) is 12.1 Å². The van der Waals surface area contributed by atoms with Crippen LogP contribution in [0.15, 0.2) is 24.3 Å². The molecule has 0 radical (unpaired) electrons. The molecule has 1 amide bonds. The van der Waals surface area contributed by atoms with Crippen molar-refractivity contribution in [2.75, 3.05) is 0 Å². The molecule has 0 spiro atoms. The van der Waals surface area contributed by atoms with Crippen LogP contribution in [0.5, 0.6) is 5.75 Å². The molecule has 0 unspecified atom stereocenters. The highest BCUT2D eigenvalue weighted by Crippen LogP contribution is 2.28. The Labute approximate surface area is 126 Å². The molecule has 1 fully saturated rings. The third-order valence-electron chi connectivity index (χ3n) is 3.46. The van der Waals surface area contributed by atoms with Crippen molar-refractivity contribution >= 4 is 16.0 Å². The zero-order valence-electron chi connectivity index (χ0n) is 12.6. The van der Waals surface area contributed by atoms with Crippen LogP contribution in [-0.4, -0.2) is 30.5 Å². The summed E-state index contributed by atoms with van der Waals surface area (Å²) in [4.78, 5) is 13.4. The van der Waals surface area contributed by atoms with Gasteiger partial charge in [0.1, 0.15) is 5.75 Å². The molecule has 0 aliphatic heterocycles. The number of amides is 1. The summed E-state index contributed by atoms with van der Waals surface area (Å²) in [6.45, 7) is 5.27. The van der Waals surface area contributed by atoms with Crippen LogP contribution >= 0.6 is 0 Å². The molecule has 0 heterocycles. The van der Waals surface area contributed by atoms with Gasteiger partial charge in [-0.3, -0.25) is 4.79 Å². The molecule has 0 N–H and O–H groups in total. The standard InChI is InChI=1S/C15H21NO4S/c1-11(2)21(18,19)20-15-8-4-13(5-9-15)10-16(12(3)17)14-6-7-14/h4-5,8-9,11,14H,6-7,10H2,1-3H3. The first-order valence-corrected chi connectivity index (χ1v) is 8.56. The molecule has 2 rings (SSSR count). The van der Waals surface area contributed by atoms with E-state index >= 15 is 0 Å². The van der Waals surface area contributed by atoms with Crippen LogP contribution in [0, 0.1) is 0 Å². The van der Waals surface area contributed by atoms with Gasteiger partial charge in [0.25, 0.3) is 0 Å². The lowest BCUT2D eigenvalue weighted by molar-refractivity contribution is -0.130. The maximum Gasteiger partial charge on any atom is 0.311 e. The molecule has 1 aliphatic carbocycles. The monoisotopic (exact) mass is 311 g/mol. The van der Waals surface area contributed by atoms with E-state index in [1.54, 1.807) is 45.0 Å². The van der Waals surface area contributed by atoms with E-state index in [0.717, 1.165) is 18.4 Å². The number of hydrogen-bond acceptors (Lipinski definition) is 4. The van der Waals surface area contributed by atoms with Gasteiger partial charge < -0.3 is 9.08 Å². The van der Waals surface area contributed by atoms with Crippen molar-refractivity contribution in [2.45, 2.75) is 51.4 Å². The predicted molar refractivity (Wildman–Crippen MR) is 80.4 cm³/mol. The van der Waals surface area contributed by atoms with Gasteiger partial charge in [0.05, 0.1) is 5.25 Å². The molecule has 1 saturated carbocycles. The van der Waals surface area contributed by atoms with Crippen LogP contribution in [0.3, 0.4) is 0 Å². The third kappa shape index (κ3) is 4.20. The van der Waals surface area contributed by atoms with Crippen molar-refractivity contribution in [3.8, 4) is 5.75 Å². The Morgan fingerprint density at radius 2 is 1.86 bits per heavy atom. The molecule has 0 bridgehead atoms. The second-order valence-electron chi connectivity index (χ2n) is 5.65. The maximum atomic E-state index is 11.7. The summed E-state index contributed by atoms with van der Waals surface area (Å²) in [7, 11) is -3.57. The SMILES string of the molecule is CC(=O)N(Cc1ccc(OS(=O)(=O)C(C)C)cc1)C1CC1. The van der Waals surface area contributed by atoms with Crippen molar-refractivity contribution in [3.05, 3.63) is 29.8 Å². The van der Waals surface area contributed by atoms with E-state index in [4.69, 9.17) is 4.18 Å². The lowest BCUT2D eigenvalue weighted by Crippen LogP contribution is -2.30. The Hall–Kier alpha value is -1.56. The minimum absolute atomic E-state index is 0.0696. The highest BCUT2D eigenvalue weighted by molar-refractivity contribution is 7.87. The summed E-state index contributed by atoms with van der Waals surface area (Å²) in [5, 5.41) is -0.583. The molecule has 0 saturated heterocycles. The normalized spacial score (nSPS) is 15.0. The average Bonchev–Trinajstić information content (AvgIpc) is 3.21. The third-order valence-corrected chi connectivity index (χ3v) is 5.04. The van der Waals surface area contributed by atoms with Crippen molar-refractivity contribution in [3.63, 3.8) is 0 Å². The first-order valence-electron chi connectivity index (χ1n) is 7.09. The lowest BCUT2D eigenvalue weighted by atomic mass is 10.2. The number of carbonyl (C=O) groups is 1. The van der Waals surface area contributed by atoms with Crippen LogP contribution in [-0.2, 0) is 21.5 Å². The molecule has 0 atom stereocenters. The number of nitrogens with zero attached hydrogens (tertiary/aromatic N) is 1. The first-order chi connectivity index (χ1) is 9.79. The van der Waals surface area contributed by atoms with E-state index in [2.05, 4.69) is 0 Å². The van der Waals surface area contributed by atoms with Crippen LogP contribution in [0.4, 0.5) is 0 Å². The highest BCUT2D eigenvalue weighted by atomic mass is 32.2. The lowest BCUT2D eigenvalue weighted by Gasteiger charge is -2.20. The van der Waals surface area contributed by atoms with Gasteiger partial charge in [-0.25, -0.2) is 0 Å². The van der Waals surface area contributed by atoms with E-state index in [1.807, 2.05) is 4.90 Å². The van der Waals surface area contributed by atoms with Crippen molar-refractivity contribution in [2.24, 2.45) is 0 Å². The molecule has 5 nitrogen and oxygen atoms in total. The second kappa shape index (κ2) is 6.05. The van der Waals surface area contributed by atoms with Crippen molar-refractivity contribution < 1.29 is 17.4 Å². The van der Waals surface area contributed by atoms with Gasteiger partial charge in [-0.2, -0.15) is 8.42 Å². The molecular weight excluding hydrogens is 290 g/mol. The number of hydrogen-bond donors (Lipinski definition) is 0. The van der Waals surface area contributed by atoms with Gasteiger partial charge in [-0.05, 0) is 44.4 Å². The van der Waals surface area contributed by atoms with E-state index in [9.17, 15) is 13.2 Å². The Morgan fingerprint density at radius 3 is 2.29 bits per heavy atom. The number of benzene rings is 1. The summed E-state index contributed by atoms with van der Waals surface area (Å²) in [5.74, 6) is 0.369. The predicted octanol–water partition coefficient (Wildman–Crippen LogP) is 2.31. The molecule has 6 heteroatoms. The maximum absolute atomic E-state index is 11.7. The summed E-state index contributed by atoms with van der Waals surface area (Å²) in [5.41, 5.74) is 0.964. The molecule has 1 aliphatic rings. The van der Waals surface area contributed by atoms with Gasteiger partial charge in [0, 0.05) is 19.5 Å². The minimum Gasteiger partial charge on any atom is -0.382 e. The van der Waals surface area contributed by atoms with Gasteiger partial charge in [-0.15, -0.1) is 0 Å². The molecule has 21 heavy (non-hydrogen) atoms. The molecule has 1 aromatic carbocycles. The van der Waals surface area contributed by atoms with E-state index in [-0.39, 0.29) is 5.91 Å². The van der Waals surface area contributed by atoms with Gasteiger partial charge in [0.15, 0.2) is 0 Å². The molecular formula is C15H21NO4S. The number of rotatable bonds is 6. The van der Waals surface area contributed by atoms with Crippen LogP contribution in [0.1, 0.15) is 39.2 Å². The Bertz CT molecular complexity index is 603. The fraction of sp³-hybridized carbons (Fsp3) is 0.533. The molecule has 116 valence electrons. The van der Waals surface area contributed by atoms with Crippen molar-refractivity contribution in [1.29, 1.82) is 0 Å². The van der Waals surface area contributed by atoms with E-state index < -0.39 is 15.4 Å². The van der Waals surface area contributed by atoms with Crippen LogP contribution in [0.2, 0.25) is 0 Å². The largest absolute Gasteiger partial charge is 0.382 e. The van der Waals surface area contributed by atoms with Gasteiger partial charge >= 0.3 is 10.1 Å². The zero-order valence-corrected chi connectivity index (χ0v) is 13.4. The molecule has 0 aromatic heterocycles. The van der Waals surface area contributed by atoms with Crippen LogP contribution in [0.25, 0.3) is 0 Å². The average molecular weight is 311 g/mol. The summed E-state index contributed by atoms with van der Waals surface area (Å²) in [6.07, 6.45) is 2.13. The molecule has 1 aromatic rings. The summed E-state index contributed by atoms with van der Waals surface area (Å²) < 4.78 is 28.4. The fourth-order valence-electron chi connectivity index (χ4n) is 1.96. The van der Waals surface area contributed by atoms with Crippen molar-refractivity contribution in [1.82, 2.24) is 4.90 Å². The fourth-order valence-corrected chi connectivity index (χ4v) is 2.53. The summed E-state index contributed by atoms with van der Waals surface area (Å²) in [6, 6.07) is 7.20. The topological polar surface area (TPSA) is 63.7 Å². The summed E-state index contributed by atoms with van der Waals surface area (Å²) >= 11 is 0. The van der Waals surface area contributed by atoms with E-state index in [1.165, 1.54) is 0 Å². The Kier molecular flexibility index (Phi) is 4.56. The van der Waals surface area contributed by atoms with Crippen LogP contribution < -0.4 is 4.18 Å². The quantitative estimate of drug-likeness (QED) is 0.756. The zero-order chi connectivity index (χ0) is 15.6. The number of carbonyl (C=O) groups excluding carboxylic acids is 1. The minimum atomic E-state index is -3.57. The second-order valence-corrected chi connectivity index (χ2v) is 7.74.